The van der Waals surface area contributed by atoms with E-state index in [-0.39, 0.29) is 5.41 Å². The summed E-state index contributed by atoms with van der Waals surface area (Å²) in [6, 6.07) is 5.90. The second kappa shape index (κ2) is 4.52. The molecule has 0 spiro atoms. The van der Waals surface area contributed by atoms with Crippen molar-refractivity contribution >= 4 is 5.97 Å². The van der Waals surface area contributed by atoms with Crippen LogP contribution >= 0.6 is 0 Å². The van der Waals surface area contributed by atoms with Gasteiger partial charge in [-0.15, -0.1) is 0 Å². The number of carbonyl (C=O) groups excluding carboxylic acids is 1. The van der Waals surface area contributed by atoms with Crippen LogP contribution in [0.4, 0.5) is 0 Å². The lowest BCUT2D eigenvalue weighted by molar-refractivity contribution is -0.129. The minimum atomic E-state index is -0.420. The summed E-state index contributed by atoms with van der Waals surface area (Å²) in [6.07, 6.45) is 1.18. The summed E-state index contributed by atoms with van der Waals surface area (Å²) in [5.41, 5.74) is 2.04. The van der Waals surface area contributed by atoms with E-state index in [9.17, 15) is 4.79 Å². The summed E-state index contributed by atoms with van der Waals surface area (Å²) in [4.78, 5) is 11.2. The number of hydrogen-bond donors (Lipinski definition) is 0. The van der Waals surface area contributed by atoms with E-state index in [1.54, 1.807) is 0 Å². The molecule has 0 unspecified atom stereocenters. The minimum absolute atomic E-state index is 0.0511. The summed E-state index contributed by atoms with van der Waals surface area (Å²) in [5.74, 6) is 0.202. The molecule has 0 amide bonds. The Labute approximate surface area is 96.9 Å². The third-order valence-corrected chi connectivity index (χ3v) is 2.32. The maximum Gasteiger partial charge on any atom is 0.335 e. The van der Waals surface area contributed by atoms with Crippen LogP contribution in [-0.2, 0) is 10.2 Å². The second-order valence-corrected chi connectivity index (χ2v) is 4.87. The number of benzene rings is 1. The van der Waals surface area contributed by atoms with Crippen molar-refractivity contribution in [1.29, 1.82) is 0 Å². The van der Waals surface area contributed by atoms with Crippen molar-refractivity contribution in [3.8, 4) is 5.75 Å². The minimum Gasteiger partial charge on any atom is -0.423 e. The van der Waals surface area contributed by atoms with E-state index in [1.165, 1.54) is 6.08 Å². The first-order valence-electron chi connectivity index (χ1n) is 5.30. The van der Waals surface area contributed by atoms with Crippen LogP contribution in [0.1, 0.15) is 31.9 Å². The standard InChI is InChI=1S/C14H18O2/c1-6-13(15)16-12-9-10(2)7-8-11(12)14(3,4)5/h6-9H,1H2,2-5H3. The highest BCUT2D eigenvalue weighted by Gasteiger charge is 2.19. The van der Waals surface area contributed by atoms with Crippen LogP contribution in [0.3, 0.4) is 0 Å². The maximum atomic E-state index is 11.2. The van der Waals surface area contributed by atoms with Gasteiger partial charge in [-0.3, -0.25) is 0 Å². The Morgan fingerprint density at radius 3 is 2.50 bits per heavy atom. The third-order valence-electron chi connectivity index (χ3n) is 2.32. The molecule has 0 atom stereocenters. The van der Waals surface area contributed by atoms with Crippen LogP contribution < -0.4 is 4.74 Å². The quantitative estimate of drug-likeness (QED) is 0.432. The molecule has 1 rings (SSSR count). The van der Waals surface area contributed by atoms with Crippen molar-refractivity contribution in [2.75, 3.05) is 0 Å². The van der Waals surface area contributed by atoms with E-state index in [2.05, 4.69) is 27.4 Å². The van der Waals surface area contributed by atoms with Gasteiger partial charge in [0.15, 0.2) is 0 Å². The van der Waals surface area contributed by atoms with Crippen molar-refractivity contribution in [2.45, 2.75) is 33.1 Å². The first-order chi connectivity index (χ1) is 7.34. The van der Waals surface area contributed by atoms with Crippen LogP contribution in [0.5, 0.6) is 5.75 Å². The normalized spacial score (nSPS) is 11.0. The molecule has 0 aromatic heterocycles. The molecule has 0 saturated heterocycles. The van der Waals surface area contributed by atoms with Gasteiger partial charge in [-0.1, -0.05) is 39.5 Å². The molecule has 0 bridgehead atoms. The lowest BCUT2D eigenvalue weighted by Crippen LogP contribution is -2.15. The molecule has 2 heteroatoms. The number of ether oxygens (including phenoxy) is 1. The Hall–Kier alpha value is -1.57. The Morgan fingerprint density at radius 1 is 1.38 bits per heavy atom. The van der Waals surface area contributed by atoms with Crippen molar-refractivity contribution in [3.63, 3.8) is 0 Å². The van der Waals surface area contributed by atoms with Gasteiger partial charge in [0.2, 0.25) is 0 Å². The summed E-state index contributed by atoms with van der Waals surface area (Å²) in [7, 11) is 0. The van der Waals surface area contributed by atoms with Crippen LogP contribution in [0.15, 0.2) is 30.9 Å². The molecule has 1 aromatic rings. The van der Waals surface area contributed by atoms with E-state index < -0.39 is 5.97 Å². The number of rotatable bonds is 2. The van der Waals surface area contributed by atoms with Crippen LogP contribution in [0, 0.1) is 6.92 Å². The fraction of sp³-hybridized carbons (Fsp3) is 0.357. The Bertz CT molecular complexity index is 411. The summed E-state index contributed by atoms with van der Waals surface area (Å²) >= 11 is 0. The smallest absolute Gasteiger partial charge is 0.335 e. The van der Waals surface area contributed by atoms with Crippen molar-refractivity contribution in [1.82, 2.24) is 0 Å². The molecule has 0 aliphatic heterocycles. The number of esters is 1. The highest BCUT2D eigenvalue weighted by atomic mass is 16.5. The highest BCUT2D eigenvalue weighted by Crippen LogP contribution is 2.32. The Kier molecular flexibility index (Phi) is 3.53. The molecule has 0 N–H and O–H groups in total. The van der Waals surface area contributed by atoms with Gasteiger partial charge >= 0.3 is 5.97 Å². The fourth-order valence-electron chi connectivity index (χ4n) is 1.48. The van der Waals surface area contributed by atoms with Gasteiger partial charge in [-0.2, -0.15) is 0 Å². The third kappa shape index (κ3) is 2.96. The molecule has 0 heterocycles. The van der Waals surface area contributed by atoms with Crippen LogP contribution in [0.25, 0.3) is 0 Å². The van der Waals surface area contributed by atoms with Gasteiger partial charge < -0.3 is 4.74 Å². The zero-order valence-corrected chi connectivity index (χ0v) is 10.3. The molecule has 0 aliphatic rings. The van der Waals surface area contributed by atoms with E-state index in [0.29, 0.717) is 5.75 Å². The second-order valence-electron chi connectivity index (χ2n) is 4.87. The lowest BCUT2D eigenvalue weighted by atomic mass is 9.86. The molecular weight excluding hydrogens is 200 g/mol. The first kappa shape index (κ1) is 12.5. The molecule has 1 aromatic carbocycles. The average Bonchev–Trinajstić information content (AvgIpc) is 2.15. The summed E-state index contributed by atoms with van der Waals surface area (Å²) in [6.45, 7) is 11.6. The molecule has 0 aliphatic carbocycles. The molecule has 0 saturated carbocycles. The number of carbonyl (C=O) groups is 1. The Balaban J connectivity index is 3.18. The van der Waals surface area contributed by atoms with E-state index in [1.807, 2.05) is 25.1 Å². The van der Waals surface area contributed by atoms with Crippen molar-refractivity contribution < 1.29 is 9.53 Å². The molecule has 2 nitrogen and oxygen atoms in total. The van der Waals surface area contributed by atoms with Crippen LogP contribution in [0.2, 0.25) is 0 Å². The van der Waals surface area contributed by atoms with E-state index >= 15 is 0 Å². The van der Waals surface area contributed by atoms with E-state index in [4.69, 9.17) is 4.74 Å². The molecule has 0 fully saturated rings. The van der Waals surface area contributed by atoms with Gasteiger partial charge in [-0.25, -0.2) is 4.79 Å². The Morgan fingerprint density at radius 2 is 2.00 bits per heavy atom. The van der Waals surface area contributed by atoms with Crippen molar-refractivity contribution in [3.05, 3.63) is 42.0 Å². The zero-order chi connectivity index (χ0) is 12.3. The summed E-state index contributed by atoms with van der Waals surface area (Å²) in [5, 5.41) is 0. The van der Waals surface area contributed by atoms with Crippen molar-refractivity contribution in [2.24, 2.45) is 0 Å². The van der Waals surface area contributed by atoms with Gasteiger partial charge in [0.1, 0.15) is 5.75 Å². The summed E-state index contributed by atoms with van der Waals surface area (Å²) < 4.78 is 5.25. The zero-order valence-electron chi connectivity index (χ0n) is 10.3. The van der Waals surface area contributed by atoms with Gasteiger partial charge in [-0.05, 0) is 24.0 Å². The predicted octanol–water partition coefficient (Wildman–Crippen LogP) is 3.38. The molecule has 86 valence electrons. The topological polar surface area (TPSA) is 26.3 Å². The SMILES string of the molecule is C=CC(=O)Oc1cc(C)ccc1C(C)(C)C. The fourth-order valence-corrected chi connectivity index (χ4v) is 1.48. The maximum absolute atomic E-state index is 11.2. The largest absolute Gasteiger partial charge is 0.423 e. The number of aryl methyl sites for hydroxylation is 1. The molecular formula is C14H18O2. The van der Waals surface area contributed by atoms with Gasteiger partial charge in [0.25, 0.3) is 0 Å². The molecule has 0 radical (unpaired) electrons. The first-order valence-corrected chi connectivity index (χ1v) is 5.30. The lowest BCUT2D eigenvalue weighted by Gasteiger charge is -2.22. The van der Waals surface area contributed by atoms with Crippen LogP contribution in [-0.4, -0.2) is 5.97 Å². The number of hydrogen-bond acceptors (Lipinski definition) is 2. The molecule has 16 heavy (non-hydrogen) atoms. The van der Waals surface area contributed by atoms with Gasteiger partial charge in [0, 0.05) is 11.6 Å². The predicted molar refractivity (Wildman–Crippen MR) is 65.7 cm³/mol. The monoisotopic (exact) mass is 218 g/mol. The van der Waals surface area contributed by atoms with E-state index in [0.717, 1.165) is 11.1 Å². The highest BCUT2D eigenvalue weighted by molar-refractivity contribution is 5.83. The van der Waals surface area contributed by atoms with Gasteiger partial charge in [0.05, 0.1) is 0 Å². The average molecular weight is 218 g/mol.